The number of halogens is 2. The van der Waals surface area contributed by atoms with Crippen molar-refractivity contribution in [2.24, 2.45) is 0 Å². The number of hydrogen-bond donors (Lipinski definition) is 1. The third-order valence-corrected chi connectivity index (χ3v) is 3.66. The second-order valence-electron chi connectivity index (χ2n) is 3.50. The minimum atomic E-state index is -0.525. The summed E-state index contributed by atoms with van der Waals surface area (Å²) in [7, 11) is 1.29. The Kier molecular flexibility index (Phi) is 4.34. The van der Waals surface area contributed by atoms with Gasteiger partial charge in [-0.15, -0.1) is 0 Å². The van der Waals surface area contributed by atoms with Gasteiger partial charge in [-0.2, -0.15) is 0 Å². The van der Waals surface area contributed by atoms with Gasteiger partial charge in [0.2, 0.25) is 0 Å². The Hall–Kier alpha value is -1.66. The number of aromatic nitrogens is 2. The van der Waals surface area contributed by atoms with Gasteiger partial charge in [-0.1, -0.05) is 17.7 Å². The molecule has 19 heavy (non-hydrogen) atoms. The highest BCUT2D eigenvalue weighted by Crippen LogP contribution is 2.31. The highest BCUT2D eigenvalue weighted by molar-refractivity contribution is 9.10. The van der Waals surface area contributed by atoms with Gasteiger partial charge in [0.25, 0.3) is 0 Å². The maximum Gasteiger partial charge on any atom is 0.358 e. The maximum absolute atomic E-state index is 11.2. The summed E-state index contributed by atoms with van der Waals surface area (Å²) >= 11 is 9.35. The van der Waals surface area contributed by atoms with Crippen LogP contribution in [0.1, 0.15) is 10.5 Å². The molecule has 0 unspecified atom stereocenters. The van der Waals surface area contributed by atoms with Gasteiger partial charge >= 0.3 is 5.97 Å². The van der Waals surface area contributed by atoms with E-state index < -0.39 is 5.97 Å². The molecule has 0 atom stereocenters. The van der Waals surface area contributed by atoms with Crippen molar-refractivity contribution < 1.29 is 9.53 Å². The van der Waals surface area contributed by atoms with Crippen LogP contribution in [0.25, 0.3) is 0 Å². The summed E-state index contributed by atoms with van der Waals surface area (Å²) in [5.41, 5.74) is 0.908. The average Bonchev–Trinajstić information content (AvgIpc) is 2.44. The van der Waals surface area contributed by atoms with Crippen molar-refractivity contribution in [3.05, 3.63) is 45.8 Å². The maximum atomic E-state index is 11.2. The number of carbonyl (C=O) groups excluding carboxylic acids is 1. The first-order valence-corrected chi connectivity index (χ1v) is 6.40. The molecule has 1 aromatic carbocycles. The van der Waals surface area contributed by atoms with Gasteiger partial charge in [0.05, 0.1) is 34.7 Å². The van der Waals surface area contributed by atoms with E-state index in [0.717, 1.165) is 10.2 Å². The summed E-state index contributed by atoms with van der Waals surface area (Å²) in [5.74, 6) is -0.0291. The Morgan fingerprint density at radius 1 is 1.37 bits per heavy atom. The van der Waals surface area contributed by atoms with E-state index in [-0.39, 0.29) is 5.69 Å². The van der Waals surface area contributed by atoms with E-state index in [1.54, 1.807) is 6.07 Å². The second-order valence-corrected chi connectivity index (χ2v) is 4.71. The van der Waals surface area contributed by atoms with Gasteiger partial charge < -0.3 is 10.1 Å². The minimum absolute atomic E-state index is 0.151. The number of methoxy groups -OCH3 is 1. The molecular formula is C12H9BrClN3O2. The van der Waals surface area contributed by atoms with Crippen LogP contribution >= 0.6 is 27.5 Å². The van der Waals surface area contributed by atoms with Gasteiger partial charge in [0.15, 0.2) is 5.69 Å². The Balaban J connectivity index is 2.20. The van der Waals surface area contributed by atoms with Crippen molar-refractivity contribution in [3.63, 3.8) is 0 Å². The van der Waals surface area contributed by atoms with Crippen LogP contribution in [0.2, 0.25) is 5.02 Å². The highest BCUT2D eigenvalue weighted by atomic mass is 79.9. The summed E-state index contributed by atoms with van der Waals surface area (Å²) in [6.07, 6.45) is 2.78. The molecule has 0 radical (unpaired) electrons. The fourth-order valence-corrected chi connectivity index (χ4v) is 1.88. The molecule has 0 aliphatic carbocycles. The topological polar surface area (TPSA) is 64.1 Å². The summed E-state index contributed by atoms with van der Waals surface area (Å²) in [4.78, 5) is 19.2. The molecule has 1 heterocycles. The average molecular weight is 343 g/mol. The van der Waals surface area contributed by atoms with Crippen molar-refractivity contribution in [1.29, 1.82) is 0 Å². The Morgan fingerprint density at radius 2 is 2.16 bits per heavy atom. The monoisotopic (exact) mass is 341 g/mol. The van der Waals surface area contributed by atoms with E-state index in [4.69, 9.17) is 11.6 Å². The predicted molar refractivity (Wildman–Crippen MR) is 75.8 cm³/mol. The molecule has 1 N–H and O–H groups in total. The molecule has 0 amide bonds. The largest absolute Gasteiger partial charge is 0.464 e. The Labute approximate surface area is 123 Å². The molecule has 7 heteroatoms. The number of anilines is 2. The second kappa shape index (κ2) is 5.99. The molecule has 2 aromatic rings. The number of nitrogens with one attached hydrogen (secondary N) is 1. The molecule has 1 aromatic heterocycles. The normalized spacial score (nSPS) is 10.1. The first kappa shape index (κ1) is 13.8. The molecule has 0 bridgehead atoms. The standard InChI is InChI=1S/C12H9BrClN3O2/c1-19-12(18)9-5-16-10(6-15-9)17-8-4-2-3-7(14)11(8)13/h2-6H,1H3,(H,16,17). The van der Waals surface area contributed by atoms with Crippen molar-refractivity contribution >= 4 is 45.0 Å². The van der Waals surface area contributed by atoms with E-state index in [1.807, 2.05) is 12.1 Å². The minimum Gasteiger partial charge on any atom is -0.464 e. The van der Waals surface area contributed by atoms with Gasteiger partial charge in [-0.25, -0.2) is 14.8 Å². The molecule has 98 valence electrons. The fraction of sp³-hybridized carbons (Fsp3) is 0.0833. The highest BCUT2D eigenvalue weighted by Gasteiger charge is 2.08. The number of ether oxygens (including phenoxy) is 1. The van der Waals surface area contributed by atoms with E-state index in [2.05, 4.69) is 36.0 Å². The lowest BCUT2D eigenvalue weighted by Gasteiger charge is -2.08. The molecule has 0 saturated carbocycles. The van der Waals surface area contributed by atoms with Crippen molar-refractivity contribution in [1.82, 2.24) is 9.97 Å². The van der Waals surface area contributed by atoms with Gasteiger partial charge in [-0.3, -0.25) is 0 Å². The number of nitrogens with zero attached hydrogens (tertiary/aromatic N) is 2. The van der Waals surface area contributed by atoms with Crippen molar-refractivity contribution in [3.8, 4) is 0 Å². The first-order valence-electron chi connectivity index (χ1n) is 5.23. The molecule has 0 fully saturated rings. The lowest BCUT2D eigenvalue weighted by atomic mass is 10.3. The first-order chi connectivity index (χ1) is 9.11. The van der Waals surface area contributed by atoms with Crippen LogP contribution in [-0.2, 0) is 4.74 Å². The van der Waals surface area contributed by atoms with Crippen LogP contribution in [0, 0.1) is 0 Å². The Morgan fingerprint density at radius 3 is 2.79 bits per heavy atom. The molecule has 5 nitrogen and oxygen atoms in total. The molecule has 0 spiro atoms. The zero-order chi connectivity index (χ0) is 13.8. The molecule has 0 saturated heterocycles. The smallest absolute Gasteiger partial charge is 0.358 e. The van der Waals surface area contributed by atoms with Gasteiger partial charge in [0.1, 0.15) is 5.82 Å². The SMILES string of the molecule is COC(=O)c1cnc(Nc2cccc(Cl)c2Br)cn1. The molecular weight excluding hydrogens is 334 g/mol. The summed E-state index contributed by atoms with van der Waals surface area (Å²) in [6.45, 7) is 0. The third-order valence-electron chi connectivity index (χ3n) is 2.26. The van der Waals surface area contributed by atoms with Crippen LogP contribution in [0.4, 0.5) is 11.5 Å². The number of benzene rings is 1. The van der Waals surface area contributed by atoms with Gasteiger partial charge in [0, 0.05) is 0 Å². The molecule has 0 aliphatic rings. The van der Waals surface area contributed by atoms with E-state index in [9.17, 15) is 4.79 Å². The molecule has 0 aliphatic heterocycles. The third kappa shape index (κ3) is 3.21. The number of hydrogen-bond acceptors (Lipinski definition) is 5. The fourth-order valence-electron chi connectivity index (χ4n) is 1.34. The quantitative estimate of drug-likeness (QED) is 0.866. The molecule has 2 rings (SSSR count). The number of carbonyl (C=O) groups is 1. The van der Waals surface area contributed by atoms with E-state index in [0.29, 0.717) is 10.8 Å². The number of rotatable bonds is 3. The van der Waals surface area contributed by atoms with Crippen LogP contribution in [0.3, 0.4) is 0 Å². The van der Waals surface area contributed by atoms with Crippen molar-refractivity contribution in [2.75, 3.05) is 12.4 Å². The van der Waals surface area contributed by atoms with Crippen LogP contribution < -0.4 is 5.32 Å². The lowest BCUT2D eigenvalue weighted by Crippen LogP contribution is -2.05. The van der Waals surface area contributed by atoms with Crippen LogP contribution in [0.5, 0.6) is 0 Å². The van der Waals surface area contributed by atoms with E-state index >= 15 is 0 Å². The van der Waals surface area contributed by atoms with Crippen LogP contribution in [0.15, 0.2) is 35.1 Å². The zero-order valence-electron chi connectivity index (χ0n) is 9.85. The number of esters is 1. The zero-order valence-corrected chi connectivity index (χ0v) is 12.2. The Bertz CT molecular complexity index is 604. The van der Waals surface area contributed by atoms with Crippen LogP contribution in [-0.4, -0.2) is 23.0 Å². The predicted octanol–water partition coefficient (Wildman–Crippen LogP) is 3.42. The van der Waals surface area contributed by atoms with E-state index in [1.165, 1.54) is 19.5 Å². The van der Waals surface area contributed by atoms with Gasteiger partial charge in [-0.05, 0) is 28.1 Å². The summed E-state index contributed by atoms with van der Waals surface area (Å²) in [5, 5.41) is 3.63. The summed E-state index contributed by atoms with van der Waals surface area (Å²) < 4.78 is 5.27. The lowest BCUT2D eigenvalue weighted by molar-refractivity contribution is 0.0593. The van der Waals surface area contributed by atoms with Crippen molar-refractivity contribution in [2.45, 2.75) is 0 Å². The summed E-state index contributed by atoms with van der Waals surface area (Å²) in [6, 6.07) is 5.42.